The van der Waals surface area contributed by atoms with Crippen molar-refractivity contribution in [3.05, 3.63) is 94.0 Å². The minimum absolute atomic E-state index is 0.138. The van der Waals surface area contributed by atoms with Crippen LogP contribution >= 0.6 is 11.6 Å². The van der Waals surface area contributed by atoms with Crippen LogP contribution < -0.4 is 14.8 Å². The molecule has 0 saturated carbocycles. The number of anilines is 1. The molecule has 8 heteroatoms. The zero-order valence-electron chi connectivity index (χ0n) is 19.9. The highest BCUT2D eigenvalue weighted by Gasteiger charge is 2.15. The van der Waals surface area contributed by atoms with Crippen molar-refractivity contribution in [2.24, 2.45) is 0 Å². The molecule has 0 aliphatic heterocycles. The van der Waals surface area contributed by atoms with Gasteiger partial charge < -0.3 is 19.5 Å². The zero-order valence-corrected chi connectivity index (χ0v) is 20.7. The molecule has 1 amide bonds. The Hall–Kier alpha value is -4.28. The summed E-state index contributed by atoms with van der Waals surface area (Å²) in [7, 11) is 0. The Kier molecular flexibility index (Phi) is 9.49. The van der Waals surface area contributed by atoms with Crippen LogP contribution in [0, 0.1) is 11.3 Å². The first-order valence-corrected chi connectivity index (χ1v) is 11.7. The molecule has 0 unspecified atom stereocenters. The maximum Gasteiger partial charge on any atom is 0.338 e. The van der Waals surface area contributed by atoms with E-state index in [1.165, 1.54) is 18.2 Å². The lowest BCUT2D eigenvalue weighted by Crippen LogP contribution is -2.13. The molecule has 0 aliphatic carbocycles. The first-order valence-electron chi connectivity index (χ1n) is 11.3. The Labute approximate surface area is 214 Å². The number of nitrogens with zero attached hydrogens (tertiary/aromatic N) is 1. The third kappa shape index (κ3) is 7.11. The summed E-state index contributed by atoms with van der Waals surface area (Å²) in [4.78, 5) is 24.5. The van der Waals surface area contributed by atoms with Crippen LogP contribution in [0.4, 0.5) is 5.69 Å². The molecule has 3 rings (SSSR count). The minimum atomic E-state index is -0.611. The maximum atomic E-state index is 12.7. The maximum absolute atomic E-state index is 12.7. The number of hydrogen-bond acceptors (Lipinski definition) is 6. The molecule has 0 bridgehead atoms. The van der Waals surface area contributed by atoms with E-state index in [4.69, 9.17) is 25.8 Å². The lowest BCUT2D eigenvalue weighted by Gasteiger charge is -2.15. The van der Waals surface area contributed by atoms with Crippen LogP contribution in [0.3, 0.4) is 0 Å². The summed E-state index contributed by atoms with van der Waals surface area (Å²) < 4.78 is 16.6. The summed E-state index contributed by atoms with van der Waals surface area (Å²) in [5, 5.41) is 12.5. The SMILES string of the molecule is CCOC(=O)c1ccc(NC(=O)/C(C#N)=C/c2cc(Cl)c(OCc3ccccc3)c(OCC)c2)cc1. The van der Waals surface area contributed by atoms with Gasteiger partial charge in [-0.2, -0.15) is 5.26 Å². The highest BCUT2D eigenvalue weighted by atomic mass is 35.5. The minimum Gasteiger partial charge on any atom is -0.490 e. The smallest absolute Gasteiger partial charge is 0.338 e. The molecular weight excluding hydrogens is 480 g/mol. The fraction of sp³-hybridized carbons (Fsp3) is 0.179. The van der Waals surface area contributed by atoms with Gasteiger partial charge in [-0.05, 0) is 67.4 Å². The van der Waals surface area contributed by atoms with Gasteiger partial charge in [0.05, 0.1) is 23.8 Å². The zero-order chi connectivity index (χ0) is 25.9. The fourth-order valence-corrected chi connectivity index (χ4v) is 3.50. The van der Waals surface area contributed by atoms with Gasteiger partial charge in [0.2, 0.25) is 0 Å². The number of carbonyl (C=O) groups excluding carboxylic acids is 2. The van der Waals surface area contributed by atoms with E-state index in [0.29, 0.717) is 41.5 Å². The Bertz CT molecular complexity index is 1280. The average Bonchev–Trinajstić information content (AvgIpc) is 2.88. The van der Waals surface area contributed by atoms with Crippen LogP contribution in [0.25, 0.3) is 6.08 Å². The van der Waals surface area contributed by atoms with Crippen molar-refractivity contribution >= 4 is 35.2 Å². The van der Waals surface area contributed by atoms with Gasteiger partial charge in [-0.15, -0.1) is 0 Å². The normalized spacial score (nSPS) is 10.8. The van der Waals surface area contributed by atoms with Gasteiger partial charge in [-0.3, -0.25) is 4.79 Å². The lowest BCUT2D eigenvalue weighted by molar-refractivity contribution is -0.112. The molecule has 3 aromatic carbocycles. The van der Waals surface area contributed by atoms with Gasteiger partial charge in [-0.1, -0.05) is 41.9 Å². The number of halogens is 1. The number of carbonyl (C=O) groups is 2. The van der Waals surface area contributed by atoms with Crippen molar-refractivity contribution in [1.82, 2.24) is 0 Å². The van der Waals surface area contributed by atoms with Gasteiger partial charge in [0, 0.05) is 5.69 Å². The third-order valence-corrected chi connectivity index (χ3v) is 5.17. The van der Waals surface area contributed by atoms with E-state index < -0.39 is 11.9 Å². The van der Waals surface area contributed by atoms with E-state index in [0.717, 1.165) is 5.56 Å². The van der Waals surface area contributed by atoms with Crippen molar-refractivity contribution < 1.29 is 23.8 Å². The van der Waals surface area contributed by atoms with E-state index in [9.17, 15) is 14.9 Å². The molecule has 0 saturated heterocycles. The second-order valence-corrected chi connectivity index (χ2v) is 7.87. The molecule has 3 aromatic rings. The number of amides is 1. The second-order valence-electron chi connectivity index (χ2n) is 7.46. The molecule has 0 spiro atoms. The summed E-state index contributed by atoms with van der Waals surface area (Å²) in [5.74, 6) is -0.283. The molecule has 0 atom stereocenters. The Morgan fingerprint density at radius 2 is 1.72 bits per heavy atom. The fourth-order valence-electron chi connectivity index (χ4n) is 3.22. The number of nitriles is 1. The third-order valence-electron chi connectivity index (χ3n) is 4.89. The predicted molar refractivity (Wildman–Crippen MR) is 138 cm³/mol. The molecule has 0 aromatic heterocycles. The number of esters is 1. The van der Waals surface area contributed by atoms with Gasteiger partial charge in [0.15, 0.2) is 11.5 Å². The average molecular weight is 505 g/mol. The van der Waals surface area contributed by atoms with Crippen LogP contribution in [-0.4, -0.2) is 25.1 Å². The van der Waals surface area contributed by atoms with Crippen LogP contribution in [0.15, 0.2) is 72.3 Å². The molecular formula is C28H25ClN2O5. The number of rotatable bonds is 10. The quantitative estimate of drug-likeness (QED) is 0.205. The molecule has 184 valence electrons. The summed E-state index contributed by atoms with van der Waals surface area (Å²) >= 11 is 6.48. The van der Waals surface area contributed by atoms with Gasteiger partial charge in [0.25, 0.3) is 5.91 Å². The monoisotopic (exact) mass is 504 g/mol. The topological polar surface area (TPSA) is 97.7 Å². The number of nitrogens with one attached hydrogen (secondary N) is 1. The Morgan fingerprint density at radius 1 is 1.00 bits per heavy atom. The molecule has 0 heterocycles. The number of benzene rings is 3. The number of hydrogen-bond donors (Lipinski definition) is 1. The van der Waals surface area contributed by atoms with E-state index in [2.05, 4.69) is 5.32 Å². The summed E-state index contributed by atoms with van der Waals surface area (Å²) in [6.07, 6.45) is 1.41. The van der Waals surface area contributed by atoms with Crippen molar-refractivity contribution in [3.8, 4) is 17.6 Å². The van der Waals surface area contributed by atoms with E-state index in [-0.39, 0.29) is 17.2 Å². The predicted octanol–water partition coefficient (Wildman–Crippen LogP) is 6.04. The molecule has 36 heavy (non-hydrogen) atoms. The molecule has 7 nitrogen and oxygen atoms in total. The standard InChI is InChI=1S/C28H25ClN2O5/c1-3-34-25-16-20(15-24(29)26(25)36-18-19-8-6-5-7-9-19)14-22(17-30)27(32)31-23-12-10-21(11-13-23)28(33)35-4-2/h5-16H,3-4,18H2,1-2H3,(H,31,32)/b22-14+. The molecule has 0 aliphatic rings. The van der Waals surface area contributed by atoms with E-state index >= 15 is 0 Å². The Balaban J connectivity index is 1.78. The summed E-state index contributed by atoms with van der Waals surface area (Å²) in [5.41, 5.74) is 2.12. The van der Waals surface area contributed by atoms with Gasteiger partial charge >= 0.3 is 5.97 Å². The second kappa shape index (κ2) is 13.0. The van der Waals surface area contributed by atoms with Crippen LogP contribution in [0.1, 0.15) is 35.3 Å². The summed E-state index contributed by atoms with van der Waals surface area (Å²) in [6, 6.07) is 21.0. The highest BCUT2D eigenvalue weighted by Crippen LogP contribution is 2.38. The largest absolute Gasteiger partial charge is 0.490 e. The van der Waals surface area contributed by atoms with Crippen LogP contribution in [0.2, 0.25) is 5.02 Å². The van der Waals surface area contributed by atoms with Crippen LogP contribution in [0.5, 0.6) is 11.5 Å². The first kappa shape index (κ1) is 26.3. The molecule has 1 N–H and O–H groups in total. The Morgan fingerprint density at radius 3 is 2.36 bits per heavy atom. The number of ether oxygens (including phenoxy) is 3. The van der Waals surface area contributed by atoms with Gasteiger partial charge in [0.1, 0.15) is 18.2 Å². The van der Waals surface area contributed by atoms with E-state index in [1.54, 1.807) is 31.2 Å². The van der Waals surface area contributed by atoms with Crippen molar-refractivity contribution in [1.29, 1.82) is 5.26 Å². The van der Waals surface area contributed by atoms with Gasteiger partial charge in [-0.25, -0.2) is 4.79 Å². The molecule has 0 fully saturated rings. The van der Waals surface area contributed by atoms with Crippen molar-refractivity contribution in [2.75, 3.05) is 18.5 Å². The van der Waals surface area contributed by atoms with E-state index in [1.807, 2.05) is 43.3 Å². The lowest BCUT2D eigenvalue weighted by atomic mass is 10.1. The highest BCUT2D eigenvalue weighted by molar-refractivity contribution is 6.32. The first-order chi connectivity index (χ1) is 17.4. The van der Waals surface area contributed by atoms with Crippen LogP contribution in [-0.2, 0) is 16.1 Å². The van der Waals surface area contributed by atoms with Crippen molar-refractivity contribution in [3.63, 3.8) is 0 Å². The van der Waals surface area contributed by atoms with Crippen molar-refractivity contribution in [2.45, 2.75) is 20.5 Å². The summed E-state index contributed by atoms with van der Waals surface area (Å²) in [6.45, 7) is 4.49. The molecule has 0 radical (unpaired) electrons.